The second kappa shape index (κ2) is 11.5. The summed E-state index contributed by atoms with van der Waals surface area (Å²) in [7, 11) is -3.09. The maximum Gasteiger partial charge on any atom is 0.191 e. The molecule has 1 aliphatic rings. The summed E-state index contributed by atoms with van der Waals surface area (Å²) < 4.78 is 23.5. The van der Waals surface area contributed by atoms with Crippen molar-refractivity contribution in [2.75, 3.05) is 25.4 Å². The van der Waals surface area contributed by atoms with Gasteiger partial charge in [-0.05, 0) is 46.5 Å². The highest BCUT2D eigenvalue weighted by atomic mass is 127. The number of hydrogen-bond donors (Lipinski definition) is 2. The van der Waals surface area contributed by atoms with E-state index in [2.05, 4.69) is 15.6 Å². The van der Waals surface area contributed by atoms with Crippen LogP contribution in [-0.4, -0.2) is 44.5 Å². The number of aliphatic imine (C=N–C) groups is 1. The fraction of sp³-hybridized carbons (Fsp3) is 0.941. The van der Waals surface area contributed by atoms with E-state index in [1.54, 1.807) is 20.8 Å². The Morgan fingerprint density at radius 3 is 2.33 bits per heavy atom. The maximum atomic E-state index is 12.1. The van der Waals surface area contributed by atoms with E-state index in [-0.39, 0.29) is 29.7 Å². The number of hydrogen-bond acceptors (Lipinski definition) is 3. The van der Waals surface area contributed by atoms with Crippen molar-refractivity contribution in [3.63, 3.8) is 0 Å². The van der Waals surface area contributed by atoms with Gasteiger partial charge in [0.1, 0.15) is 0 Å². The Bertz CT molecular complexity index is 467. The first-order valence-corrected chi connectivity index (χ1v) is 10.7. The highest BCUT2D eigenvalue weighted by Crippen LogP contribution is 2.28. The smallest absolute Gasteiger partial charge is 0.191 e. The minimum atomic E-state index is -3.09. The lowest BCUT2D eigenvalue weighted by molar-refractivity contribution is 0.487. The fourth-order valence-electron chi connectivity index (χ4n) is 2.82. The molecule has 0 aromatic heterocycles. The van der Waals surface area contributed by atoms with Crippen LogP contribution in [0.4, 0.5) is 0 Å². The van der Waals surface area contributed by atoms with E-state index in [0.717, 1.165) is 31.4 Å². The van der Waals surface area contributed by atoms with Crippen molar-refractivity contribution in [3.8, 4) is 0 Å². The summed E-state index contributed by atoms with van der Waals surface area (Å²) >= 11 is 0. The molecule has 1 rings (SSSR count). The summed E-state index contributed by atoms with van der Waals surface area (Å²) in [6.07, 6.45) is 7.92. The highest BCUT2D eigenvalue weighted by Gasteiger charge is 2.28. The molecule has 144 valence electrons. The van der Waals surface area contributed by atoms with Gasteiger partial charge in [0.25, 0.3) is 0 Å². The molecule has 0 unspecified atom stereocenters. The first-order valence-electron chi connectivity index (χ1n) is 9.00. The molecule has 0 radical (unpaired) electrons. The number of halogens is 1. The molecule has 5 nitrogen and oxygen atoms in total. The molecular weight excluding hydrogens is 437 g/mol. The lowest BCUT2D eigenvalue weighted by Crippen LogP contribution is -2.41. The maximum absolute atomic E-state index is 12.1. The first-order chi connectivity index (χ1) is 10.8. The molecule has 0 atom stereocenters. The van der Waals surface area contributed by atoms with E-state index < -0.39 is 14.6 Å². The molecule has 0 aromatic rings. The average molecular weight is 473 g/mol. The highest BCUT2D eigenvalue weighted by molar-refractivity contribution is 14.0. The summed E-state index contributed by atoms with van der Waals surface area (Å²) in [4.78, 5) is 4.56. The zero-order chi connectivity index (χ0) is 17.3. The van der Waals surface area contributed by atoms with E-state index in [0.29, 0.717) is 6.54 Å². The quantitative estimate of drug-likeness (QED) is 0.246. The Balaban J connectivity index is 0.00000529. The number of sulfone groups is 1. The van der Waals surface area contributed by atoms with Crippen molar-refractivity contribution in [1.29, 1.82) is 0 Å². The van der Waals surface area contributed by atoms with Gasteiger partial charge in [-0.25, -0.2) is 8.42 Å². The molecular formula is C17H36IN3O2S. The van der Waals surface area contributed by atoms with Crippen molar-refractivity contribution in [1.82, 2.24) is 10.6 Å². The minimum absolute atomic E-state index is 0. The van der Waals surface area contributed by atoms with Gasteiger partial charge in [0.15, 0.2) is 15.8 Å². The van der Waals surface area contributed by atoms with Crippen LogP contribution in [0.25, 0.3) is 0 Å². The number of nitrogens with zero attached hydrogens (tertiary/aromatic N) is 1. The third kappa shape index (κ3) is 8.87. The first kappa shape index (κ1) is 23.9. The van der Waals surface area contributed by atoms with Crippen LogP contribution in [-0.2, 0) is 9.84 Å². The van der Waals surface area contributed by atoms with Gasteiger partial charge in [0.2, 0.25) is 0 Å². The van der Waals surface area contributed by atoms with Gasteiger partial charge in [-0.1, -0.05) is 25.7 Å². The third-order valence-electron chi connectivity index (χ3n) is 4.46. The van der Waals surface area contributed by atoms with Crippen molar-refractivity contribution in [2.24, 2.45) is 10.9 Å². The zero-order valence-electron chi connectivity index (χ0n) is 15.7. The van der Waals surface area contributed by atoms with Crippen molar-refractivity contribution >= 4 is 39.8 Å². The van der Waals surface area contributed by atoms with Gasteiger partial charge in [0.05, 0.1) is 10.5 Å². The second-order valence-corrected chi connectivity index (χ2v) is 10.3. The standard InChI is InChI=1S/C17H35N3O2S.HI/c1-5-18-16(19-12-8-11-15-9-6-7-10-15)20-13-14-23(21,22)17(2,3)4;/h15H,5-14H2,1-4H3,(H2,18,19,20);1H. The molecule has 2 N–H and O–H groups in total. The SMILES string of the molecule is CCNC(=NCCCC1CCCC1)NCCS(=O)(=O)C(C)(C)C.I. The molecule has 0 heterocycles. The second-order valence-electron chi connectivity index (χ2n) is 7.41. The topological polar surface area (TPSA) is 70.6 Å². The molecule has 7 heteroatoms. The molecule has 1 saturated carbocycles. The molecule has 0 aromatic carbocycles. The van der Waals surface area contributed by atoms with E-state index in [1.807, 2.05) is 6.92 Å². The predicted octanol–water partition coefficient (Wildman–Crippen LogP) is 3.34. The number of guanidine groups is 1. The monoisotopic (exact) mass is 473 g/mol. The van der Waals surface area contributed by atoms with Gasteiger partial charge >= 0.3 is 0 Å². The molecule has 0 aliphatic heterocycles. The summed E-state index contributed by atoms with van der Waals surface area (Å²) in [5.41, 5.74) is 0. The Labute approximate surface area is 165 Å². The van der Waals surface area contributed by atoms with Gasteiger partial charge in [0, 0.05) is 19.6 Å². The lowest BCUT2D eigenvalue weighted by atomic mass is 10.0. The van der Waals surface area contributed by atoms with Crippen LogP contribution in [0.3, 0.4) is 0 Å². The predicted molar refractivity (Wildman–Crippen MR) is 114 cm³/mol. The number of nitrogens with one attached hydrogen (secondary N) is 2. The minimum Gasteiger partial charge on any atom is -0.357 e. The molecule has 0 amide bonds. The van der Waals surface area contributed by atoms with Crippen LogP contribution in [0.1, 0.15) is 66.2 Å². The normalized spacial score (nSPS) is 16.8. The Morgan fingerprint density at radius 1 is 1.17 bits per heavy atom. The van der Waals surface area contributed by atoms with Gasteiger partial charge in [-0.3, -0.25) is 4.99 Å². The van der Waals surface area contributed by atoms with Crippen LogP contribution in [0.15, 0.2) is 4.99 Å². The van der Waals surface area contributed by atoms with Crippen molar-refractivity contribution < 1.29 is 8.42 Å². The van der Waals surface area contributed by atoms with Crippen LogP contribution in [0.2, 0.25) is 0 Å². The molecule has 1 aliphatic carbocycles. The van der Waals surface area contributed by atoms with Crippen LogP contribution in [0, 0.1) is 5.92 Å². The Hall–Kier alpha value is -0.0500. The third-order valence-corrected chi connectivity index (χ3v) is 7.06. The summed E-state index contributed by atoms with van der Waals surface area (Å²) in [6, 6.07) is 0. The average Bonchev–Trinajstić information content (AvgIpc) is 2.95. The van der Waals surface area contributed by atoms with E-state index in [4.69, 9.17) is 0 Å². The summed E-state index contributed by atoms with van der Waals surface area (Å²) in [6.45, 7) is 9.22. The summed E-state index contributed by atoms with van der Waals surface area (Å²) in [5.74, 6) is 1.75. The fourth-order valence-corrected chi connectivity index (χ4v) is 3.80. The van der Waals surface area contributed by atoms with Crippen molar-refractivity contribution in [2.45, 2.75) is 71.0 Å². The zero-order valence-corrected chi connectivity index (χ0v) is 18.9. The molecule has 24 heavy (non-hydrogen) atoms. The van der Waals surface area contributed by atoms with Crippen LogP contribution in [0.5, 0.6) is 0 Å². The van der Waals surface area contributed by atoms with E-state index >= 15 is 0 Å². The van der Waals surface area contributed by atoms with Gasteiger partial charge < -0.3 is 10.6 Å². The van der Waals surface area contributed by atoms with Crippen LogP contribution < -0.4 is 10.6 Å². The van der Waals surface area contributed by atoms with Gasteiger partial charge in [-0.15, -0.1) is 24.0 Å². The molecule has 0 spiro atoms. The Kier molecular flexibility index (Phi) is 11.5. The van der Waals surface area contributed by atoms with Gasteiger partial charge in [-0.2, -0.15) is 0 Å². The molecule has 1 fully saturated rings. The molecule has 0 bridgehead atoms. The van der Waals surface area contributed by atoms with E-state index in [1.165, 1.54) is 32.1 Å². The van der Waals surface area contributed by atoms with Crippen molar-refractivity contribution in [3.05, 3.63) is 0 Å². The molecule has 0 saturated heterocycles. The van der Waals surface area contributed by atoms with E-state index in [9.17, 15) is 8.42 Å². The largest absolute Gasteiger partial charge is 0.357 e. The number of rotatable bonds is 8. The summed E-state index contributed by atoms with van der Waals surface area (Å²) in [5, 5.41) is 6.32. The lowest BCUT2D eigenvalue weighted by Gasteiger charge is -2.19. The van der Waals surface area contributed by atoms with Crippen LogP contribution >= 0.6 is 24.0 Å². The Morgan fingerprint density at radius 2 is 1.79 bits per heavy atom.